The van der Waals surface area contributed by atoms with Crippen LogP contribution < -0.4 is 4.72 Å². The molecule has 0 unspecified atom stereocenters. The zero-order valence-corrected chi connectivity index (χ0v) is 18.6. The zero-order chi connectivity index (χ0) is 18.8. The summed E-state index contributed by atoms with van der Waals surface area (Å²) in [6.07, 6.45) is 1.51. The maximum Gasteiger partial charge on any atom is 0.250 e. The van der Waals surface area contributed by atoms with E-state index in [-0.39, 0.29) is 0 Å². The lowest BCUT2D eigenvalue weighted by Gasteiger charge is -2.20. The van der Waals surface area contributed by atoms with Crippen LogP contribution in [0.3, 0.4) is 0 Å². The third kappa shape index (κ3) is 6.20. The summed E-state index contributed by atoms with van der Waals surface area (Å²) in [6, 6.07) is 10.1. The Morgan fingerprint density at radius 1 is 1.16 bits per heavy atom. The number of benzene rings is 1. The quantitative estimate of drug-likeness (QED) is 0.651. The van der Waals surface area contributed by atoms with Gasteiger partial charge >= 0.3 is 0 Å². The summed E-state index contributed by atoms with van der Waals surface area (Å²) >= 11 is 4.84. The van der Waals surface area contributed by atoms with E-state index in [4.69, 9.17) is 0 Å². The predicted octanol–water partition coefficient (Wildman–Crippen LogP) is 5.38. The van der Waals surface area contributed by atoms with Crippen LogP contribution in [0, 0.1) is 5.92 Å². The first-order valence-corrected chi connectivity index (χ1v) is 11.5. The third-order valence-corrected chi connectivity index (χ3v) is 7.49. The fraction of sp³-hybridized carbons (Fsp3) is 0.474. The van der Waals surface area contributed by atoms with E-state index in [0.29, 0.717) is 16.5 Å². The Balaban J connectivity index is 2.42. The lowest BCUT2D eigenvalue weighted by atomic mass is 10.1. The van der Waals surface area contributed by atoms with Crippen molar-refractivity contribution >= 4 is 37.3 Å². The molecule has 2 rings (SSSR count). The molecular weight excluding hydrogens is 418 g/mol. The van der Waals surface area contributed by atoms with Crippen molar-refractivity contribution in [2.24, 2.45) is 5.92 Å². The smallest absolute Gasteiger partial charge is 0.206 e. The molecule has 0 aliphatic carbocycles. The predicted molar refractivity (Wildman–Crippen MR) is 110 cm³/mol. The summed E-state index contributed by atoms with van der Waals surface area (Å²) in [7, 11) is -3.53. The van der Waals surface area contributed by atoms with Gasteiger partial charge in [0, 0.05) is 14.9 Å². The molecule has 0 radical (unpaired) electrons. The van der Waals surface area contributed by atoms with E-state index in [1.54, 1.807) is 0 Å². The van der Waals surface area contributed by atoms with Crippen molar-refractivity contribution in [2.45, 2.75) is 57.2 Å². The van der Waals surface area contributed by atoms with Crippen LogP contribution in [0.25, 0.3) is 0 Å². The summed E-state index contributed by atoms with van der Waals surface area (Å²) in [4.78, 5) is 1.12. The highest BCUT2D eigenvalue weighted by atomic mass is 79.9. The van der Waals surface area contributed by atoms with E-state index >= 15 is 0 Å². The van der Waals surface area contributed by atoms with Gasteiger partial charge in [-0.15, -0.1) is 11.3 Å². The Kier molecular flexibility index (Phi) is 6.52. The molecule has 0 aliphatic heterocycles. The second-order valence-corrected chi connectivity index (χ2v) is 11.7. The van der Waals surface area contributed by atoms with E-state index in [9.17, 15) is 8.42 Å². The average molecular weight is 444 g/mol. The number of halogens is 1. The highest BCUT2D eigenvalue weighted by molar-refractivity contribution is 9.10. The number of rotatable bonds is 6. The molecule has 3 nitrogen and oxygen atoms in total. The van der Waals surface area contributed by atoms with Crippen molar-refractivity contribution < 1.29 is 8.42 Å². The molecule has 0 spiro atoms. The van der Waals surface area contributed by atoms with Gasteiger partial charge in [0.2, 0.25) is 0 Å². The fourth-order valence-electron chi connectivity index (χ4n) is 2.59. The minimum Gasteiger partial charge on any atom is -0.206 e. The molecule has 1 aromatic heterocycles. The van der Waals surface area contributed by atoms with Crippen molar-refractivity contribution in [2.75, 3.05) is 0 Å². The minimum atomic E-state index is -3.53. The highest BCUT2D eigenvalue weighted by Gasteiger charge is 2.27. The van der Waals surface area contributed by atoms with Crippen LogP contribution in [0.4, 0.5) is 0 Å². The first kappa shape index (κ1) is 20.6. The van der Waals surface area contributed by atoms with Crippen molar-refractivity contribution in [1.29, 1.82) is 0 Å². The molecule has 138 valence electrons. The van der Waals surface area contributed by atoms with Gasteiger partial charge in [-0.1, -0.05) is 41.9 Å². The molecule has 1 N–H and O–H groups in total. The first-order chi connectivity index (χ1) is 11.5. The van der Waals surface area contributed by atoms with Crippen LogP contribution in [0.1, 0.15) is 50.6 Å². The standard InChI is InChI=1S/C19H26BrNO2S2/c1-13(2)10-17-12-15(11-14-6-8-16(20)9-7-14)18(24-17)25(22,23)21-19(3,4)5/h6-9,12-13,21H,10-11H2,1-5H3. The average Bonchev–Trinajstić information content (AvgIpc) is 2.81. The van der Waals surface area contributed by atoms with Gasteiger partial charge in [-0.2, -0.15) is 0 Å². The Bertz CT molecular complexity index is 816. The number of thiophene rings is 1. The van der Waals surface area contributed by atoms with Crippen LogP contribution >= 0.6 is 27.3 Å². The molecule has 0 aliphatic rings. The van der Waals surface area contributed by atoms with Crippen LogP contribution in [0.15, 0.2) is 39.0 Å². The Morgan fingerprint density at radius 2 is 1.76 bits per heavy atom. The number of hydrogen-bond acceptors (Lipinski definition) is 3. The normalized spacial score (nSPS) is 12.8. The summed E-state index contributed by atoms with van der Waals surface area (Å²) in [6.45, 7) is 9.89. The molecule has 25 heavy (non-hydrogen) atoms. The molecule has 0 saturated heterocycles. The minimum absolute atomic E-state index is 0.445. The Hall–Kier alpha value is -0.690. The second kappa shape index (κ2) is 7.91. The molecule has 6 heteroatoms. The summed E-state index contributed by atoms with van der Waals surface area (Å²) in [5, 5.41) is 0. The van der Waals surface area contributed by atoms with Gasteiger partial charge in [-0.3, -0.25) is 0 Å². The molecule has 1 aromatic carbocycles. The third-order valence-electron chi connectivity index (χ3n) is 3.42. The molecule has 0 amide bonds. The van der Waals surface area contributed by atoms with Gasteiger partial charge in [-0.25, -0.2) is 13.1 Å². The molecule has 0 atom stereocenters. The number of hydrogen-bond donors (Lipinski definition) is 1. The van der Waals surface area contributed by atoms with E-state index in [0.717, 1.165) is 26.9 Å². The van der Waals surface area contributed by atoms with Crippen LogP contribution in [0.5, 0.6) is 0 Å². The van der Waals surface area contributed by atoms with Crippen molar-refractivity contribution in [3.05, 3.63) is 50.8 Å². The summed E-state index contributed by atoms with van der Waals surface area (Å²) in [5.74, 6) is 0.491. The number of sulfonamides is 1. The maximum absolute atomic E-state index is 12.9. The zero-order valence-electron chi connectivity index (χ0n) is 15.4. The van der Waals surface area contributed by atoms with E-state index in [1.165, 1.54) is 11.3 Å². The van der Waals surface area contributed by atoms with Crippen molar-refractivity contribution in [1.82, 2.24) is 4.72 Å². The van der Waals surface area contributed by atoms with Crippen LogP contribution in [-0.4, -0.2) is 14.0 Å². The van der Waals surface area contributed by atoms with Gasteiger partial charge in [0.05, 0.1) is 0 Å². The van der Waals surface area contributed by atoms with Crippen LogP contribution in [0.2, 0.25) is 0 Å². The van der Waals surface area contributed by atoms with E-state index in [1.807, 2.05) is 45.0 Å². The molecule has 0 bridgehead atoms. The van der Waals surface area contributed by atoms with E-state index in [2.05, 4.69) is 40.6 Å². The Morgan fingerprint density at radius 3 is 2.28 bits per heavy atom. The summed E-state index contributed by atoms with van der Waals surface area (Å²) < 4.78 is 30.1. The SMILES string of the molecule is CC(C)Cc1cc(Cc2ccc(Br)cc2)c(S(=O)(=O)NC(C)(C)C)s1. The van der Waals surface area contributed by atoms with Crippen LogP contribution in [-0.2, 0) is 22.9 Å². The highest BCUT2D eigenvalue weighted by Crippen LogP contribution is 2.31. The second-order valence-electron chi connectivity index (χ2n) is 7.78. The lowest BCUT2D eigenvalue weighted by molar-refractivity contribution is 0.492. The molecule has 0 fully saturated rings. The van der Waals surface area contributed by atoms with E-state index < -0.39 is 15.6 Å². The molecule has 1 heterocycles. The summed E-state index contributed by atoms with van der Waals surface area (Å²) in [5.41, 5.74) is 1.47. The Labute approximate surface area is 164 Å². The molecular formula is C19H26BrNO2S2. The molecule has 2 aromatic rings. The van der Waals surface area contributed by atoms with Gasteiger partial charge in [-0.05, 0) is 68.9 Å². The largest absolute Gasteiger partial charge is 0.250 e. The lowest BCUT2D eigenvalue weighted by Crippen LogP contribution is -2.40. The fourth-order valence-corrected chi connectivity index (χ4v) is 6.24. The van der Waals surface area contributed by atoms with Gasteiger partial charge in [0.25, 0.3) is 10.0 Å². The monoisotopic (exact) mass is 443 g/mol. The van der Waals surface area contributed by atoms with Crippen molar-refractivity contribution in [3.63, 3.8) is 0 Å². The van der Waals surface area contributed by atoms with Crippen molar-refractivity contribution in [3.8, 4) is 0 Å². The van der Waals surface area contributed by atoms with Gasteiger partial charge < -0.3 is 0 Å². The topological polar surface area (TPSA) is 46.2 Å². The molecule has 0 saturated carbocycles. The first-order valence-electron chi connectivity index (χ1n) is 8.36. The van der Waals surface area contributed by atoms with Gasteiger partial charge in [0.15, 0.2) is 0 Å². The van der Waals surface area contributed by atoms with Gasteiger partial charge in [0.1, 0.15) is 4.21 Å². The maximum atomic E-state index is 12.9. The number of nitrogens with one attached hydrogen (secondary N) is 1.